The van der Waals surface area contributed by atoms with Crippen LogP contribution in [0.2, 0.25) is 0 Å². The number of hydrogen-bond acceptors (Lipinski definition) is 5. The summed E-state index contributed by atoms with van der Waals surface area (Å²) in [5, 5.41) is 5.68. The fourth-order valence-corrected chi connectivity index (χ4v) is 2.86. The van der Waals surface area contributed by atoms with E-state index in [1.165, 1.54) is 5.56 Å². The summed E-state index contributed by atoms with van der Waals surface area (Å²) in [6, 6.07) is 17.3. The third-order valence-electron chi connectivity index (χ3n) is 4.09. The van der Waals surface area contributed by atoms with Gasteiger partial charge >= 0.3 is 5.97 Å². The van der Waals surface area contributed by atoms with Crippen molar-refractivity contribution in [1.29, 1.82) is 0 Å². The molecule has 6 nitrogen and oxygen atoms in total. The smallest absolute Gasteiger partial charge is 0.306 e. The molecule has 0 bridgehead atoms. The highest BCUT2D eigenvalue weighted by atomic mass is 32.1. The predicted molar refractivity (Wildman–Crippen MR) is 122 cm³/mol. The Hall–Kier alpha value is -2.93. The van der Waals surface area contributed by atoms with Crippen molar-refractivity contribution in [2.75, 3.05) is 18.5 Å². The molecule has 2 rings (SSSR count). The molecule has 0 aliphatic heterocycles. The maximum Gasteiger partial charge on any atom is 0.306 e. The number of carbonyl (C=O) groups is 2. The normalized spacial score (nSPS) is 10.2. The van der Waals surface area contributed by atoms with Crippen LogP contribution in [0.4, 0.5) is 5.69 Å². The second-order valence-corrected chi connectivity index (χ2v) is 7.10. The van der Waals surface area contributed by atoms with E-state index in [-0.39, 0.29) is 23.9 Å². The number of anilines is 1. The van der Waals surface area contributed by atoms with Gasteiger partial charge in [-0.1, -0.05) is 43.3 Å². The summed E-state index contributed by atoms with van der Waals surface area (Å²) in [6.45, 7) is 3.01. The van der Waals surface area contributed by atoms with Gasteiger partial charge in [-0.3, -0.25) is 9.59 Å². The molecule has 2 N–H and O–H groups in total. The van der Waals surface area contributed by atoms with Gasteiger partial charge in [-0.25, -0.2) is 0 Å². The van der Waals surface area contributed by atoms with Crippen LogP contribution in [0.1, 0.15) is 38.2 Å². The fraction of sp³-hybridized carbons (Fsp3) is 0.348. The Morgan fingerprint density at radius 1 is 1.00 bits per heavy atom. The number of aryl methyl sites for hydroxylation is 1. The maximum atomic E-state index is 12.0. The van der Waals surface area contributed by atoms with E-state index in [1.54, 1.807) is 6.07 Å². The van der Waals surface area contributed by atoms with Crippen molar-refractivity contribution in [3.05, 3.63) is 60.2 Å². The Morgan fingerprint density at radius 3 is 2.57 bits per heavy atom. The highest BCUT2D eigenvalue weighted by molar-refractivity contribution is 7.80. The number of esters is 1. The first-order valence-corrected chi connectivity index (χ1v) is 10.5. The molecule has 0 aliphatic carbocycles. The van der Waals surface area contributed by atoms with Crippen molar-refractivity contribution in [1.82, 2.24) is 5.32 Å². The Bertz CT molecular complexity index is 827. The molecule has 30 heavy (non-hydrogen) atoms. The SMILES string of the molecule is CCCOc1cccc(NC(=S)NC(=O)CCC(=O)OCCCc2ccccc2)c1. The van der Waals surface area contributed by atoms with E-state index in [4.69, 9.17) is 21.7 Å². The van der Waals surface area contributed by atoms with E-state index >= 15 is 0 Å². The Labute approximate surface area is 183 Å². The molecule has 0 aliphatic rings. The molecule has 0 saturated carbocycles. The lowest BCUT2D eigenvalue weighted by Crippen LogP contribution is -2.34. The molecule has 2 aromatic rings. The maximum absolute atomic E-state index is 12.0. The molecule has 0 aromatic heterocycles. The molecule has 1 amide bonds. The van der Waals surface area contributed by atoms with E-state index in [0.29, 0.717) is 18.9 Å². The predicted octanol–water partition coefficient (Wildman–Crippen LogP) is 4.24. The summed E-state index contributed by atoms with van der Waals surface area (Å²) in [5.74, 6) is -0.00373. The zero-order valence-corrected chi connectivity index (χ0v) is 18.0. The molecule has 160 valence electrons. The summed E-state index contributed by atoms with van der Waals surface area (Å²) < 4.78 is 10.7. The standard InChI is InChI=1S/C23H28N2O4S/c1-2-15-28-20-12-6-11-19(17-20)24-23(30)25-21(26)13-14-22(27)29-16-7-10-18-8-4-3-5-9-18/h3-6,8-9,11-12,17H,2,7,10,13-16H2,1H3,(H2,24,25,26,30). The summed E-state index contributed by atoms with van der Waals surface area (Å²) in [6.07, 6.45) is 2.54. The Kier molecular flexibility index (Phi) is 10.4. The molecule has 0 saturated heterocycles. The number of carbonyl (C=O) groups excluding carboxylic acids is 2. The lowest BCUT2D eigenvalue weighted by atomic mass is 10.1. The topological polar surface area (TPSA) is 76.7 Å². The number of amides is 1. The number of benzene rings is 2. The van der Waals surface area contributed by atoms with Gasteiger partial charge in [0.05, 0.1) is 19.6 Å². The van der Waals surface area contributed by atoms with Crippen LogP contribution < -0.4 is 15.4 Å². The van der Waals surface area contributed by atoms with Crippen molar-refractivity contribution in [2.24, 2.45) is 0 Å². The average molecular weight is 429 g/mol. The van der Waals surface area contributed by atoms with Crippen molar-refractivity contribution in [3.63, 3.8) is 0 Å². The fourth-order valence-electron chi connectivity index (χ4n) is 2.63. The van der Waals surface area contributed by atoms with Crippen molar-refractivity contribution in [3.8, 4) is 5.75 Å². The van der Waals surface area contributed by atoms with Crippen LogP contribution in [0.5, 0.6) is 5.75 Å². The zero-order chi connectivity index (χ0) is 21.6. The van der Waals surface area contributed by atoms with Gasteiger partial charge < -0.3 is 20.1 Å². The van der Waals surface area contributed by atoms with E-state index in [1.807, 2.05) is 55.5 Å². The van der Waals surface area contributed by atoms with Gasteiger partial charge in [0.15, 0.2) is 5.11 Å². The molecule has 0 heterocycles. The van der Waals surface area contributed by atoms with Crippen molar-refractivity contribution < 1.29 is 19.1 Å². The van der Waals surface area contributed by atoms with E-state index in [0.717, 1.165) is 25.0 Å². The van der Waals surface area contributed by atoms with Crippen LogP contribution in [-0.2, 0) is 20.7 Å². The second kappa shape index (κ2) is 13.3. The summed E-state index contributed by atoms with van der Waals surface area (Å²) in [5.41, 5.74) is 1.92. The quantitative estimate of drug-likeness (QED) is 0.317. The van der Waals surface area contributed by atoms with Crippen molar-refractivity contribution in [2.45, 2.75) is 39.0 Å². The zero-order valence-electron chi connectivity index (χ0n) is 17.2. The van der Waals surface area contributed by atoms with Crippen LogP contribution >= 0.6 is 12.2 Å². The van der Waals surface area contributed by atoms with Crippen LogP contribution in [0, 0.1) is 0 Å². The van der Waals surface area contributed by atoms with Crippen LogP contribution in [0.3, 0.4) is 0 Å². The minimum atomic E-state index is -0.391. The van der Waals surface area contributed by atoms with Crippen LogP contribution in [-0.4, -0.2) is 30.2 Å². The summed E-state index contributed by atoms with van der Waals surface area (Å²) in [4.78, 5) is 23.8. The number of rotatable bonds is 11. The Morgan fingerprint density at radius 2 is 1.80 bits per heavy atom. The minimum absolute atomic E-state index is 0.0129. The van der Waals surface area contributed by atoms with Crippen molar-refractivity contribution >= 4 is 34.9 Å². The van der Waals surface area contributed by atoms with Gasteiger partial charge in [-0.05, 0) is 49.2 Å². The number of nitrogens with one attached hydrogen (secondary N) is 2. The van der Waals surface area contributed by atoms with E-state index in [9.17, 15) is 9.59 Å². The average Bonchev–Trinajstić information content (AvgIpc) is 2.74. The first-order chi connectivity index (χ1) is 14.6. The van der Waals surface area contributed by atoms with E-state index < -0.39 is 5.97 Å². The molecular weight excluding hydrogens is 400 g/mol. The number of thiocarbonyl (C=S) groups is 1. The summed E-state index contributed by atoms with van der Waals surface area (Å²) >= 11 is 5.16. The third-order valence-corrected chi connectivity index (χ3v) is 4.29. The Balaban J connectivity index is 1.61. The van der Waals surface area contributed by atoms with Gasteiger partial charge in [0.25, 0.3) is 0 Å². The molecule has 0 unspecified atom stereocenters. The monoisotopic (exact) mass is 428 g/mol. The summed E-state index contributed by atoms with van der Waals surface area (Å²) in [7, 11) is 0. The number of ether oxygens (including phenoxy) is 2. The first kappa shape index (κ1) is 23.3. The van der Waals surface area contributed by atoms with Crippen LogP contribution in [0.15, 0.2) is 54.6 Å². The lowest BCUT2D eigenvalue weighted by Gasteiger charge is -2.11. The molecule has 0 fully saturated rings. The van der Waals surface area contributed by atoms with Gasteiger partial charge in [0.1, 0.15) is 5.75 Å². The van der Waals surface area contributed by atoms with Gasteiger partial charge in [-0.2, -0.15) is 0 Å². The molecule has 0 spiro atoms. The van der Waals surface area contributed by atoms with Gasteiger partial charge in [0, 0.05) is 18.2 Å². The van der Waals surface area contributed by atoms with Gasteiger partial charge in [0.2, 0.25) is 5.91 Å². The highest BCUT2D eigenvalue weighted by Gasteiger charge is 2.10. The lowest BCUT2D eigenvalue weighted by molar-refractivity contribution is -0.145. The minimum Gasteiger partial charge on any atom is -0.494 e. The molecule has 7 heteroatoms. The molecular formula is C23H28N2O4S. The van der Waals surface area contributed by atoms with Crippen LogP contribution in [0.25, 0.3) is 0 Å². The number of hydrogen-bond donors (Lipinski definition) is 2. The largest absolute Gasteiger partial charge is 0.494 e. The molecule has 0 radical (unpaired) electrons. The highest BCUT2D eigenvalue weighted by Crippen LogP contribution is 2.17. The third kappa shape index (κ3) is 9.52. The van der Waals surface area contributed by atoms with Gasteiger partial charge in [-0.15, -0.1) is 0 Å². The first-order valence-electron chi connectivity index (χ1n) is 10.1. The molecule has 2 aromatic carbocycles. The second-order valence-electron chi connectivity index (χ2n) is 6.69. The van der Waals surface area contributed by atoms with E-state index in [2.05, 4.69) is 10.6 Å². The molecule has 0 atom stereocenters.